The third-order valence-corrected chi connectivity index (χ3v) is 3.04. The van der Waals surface area contributed by atoms with Gasteiger partial charge in [-0.15, -0.1) is 0 Å². The molecule has 1 N–H and O–H groups in total. The number of aromatic nitrogens is 1. The van der Waals surface area contributed by atoms with Crippen molar-refractivity contribution < 1.29 is 4.79 Å². The van der Waals surface area contributed by atoms with Gasteiger partial charge in [-0.25, -0.2) is 4.98 Å². The van der Waals surface area contributed by atoms with E-state index in [2.05, 4.69) is 10.3 Å². The molecular formula is C11H9N3OS. The molecule has 16 heavy (non-hydrogen) atoms. The zero-order chi connectivity index (χ0) is 11.5. The largest absolute Gasteiger partial charge is 0.301 e. The number of nitriles is 1. The van der Waals surface area contributed by atoms with Crippen molar-refractivity contribution in [3.63, 3.8) is 0 Å². The van der Waals surface area contributed by atoms with E-state index in [0.717, 1.165) is 15.8 Å². The maximum atomic E-state index is 11.2. The van der Waals surface area contributed by atoms with E-state index in [1.54, 1.807) is 6.07 Å². The van der Waals surface area contributed by atoms with Crippen LogP contribution in [0.4, 0.5) is 5.13 Å². The Morgan fingerprint density at radius 1 is 1.62 bits per heavy atom. The molecule has 5 heteroatoms. The van der Waals surface area contributed by atoms with Gasteiger partial charge in [0.15, 0.2) is 5.13 Å². The predicted octanol–water partition coefficient (Wildman–Crippen LogP) is 2.46. The lowest BCUT2D eigenvalue weighted by Crippen LogP contribution is -2.09. The van der Waals surface area contributed by atoms with Crippen LogP contribution in [0.1, 0.15) is 12.0 Å². The van der Waals surface area contributed by atoms with E-state index in [4.69, 9.17) is 5.26 Å². The average molecular weight is 231 g/mol. The molecule has 1 amide bonds. The van der Waals surface area contributed by atoms with Gasteiger partial charge >= 0.3 is 0 Å². The SMILES string of the molecule is Cc1cccc2sc(NC(=O)CC#N)nc12. The summed E-state index contributed by atoms with van der Waals surface area (Å²) < 4.78 is 1.03. The van der Waals surface area contributed by atoms with Crippen molar-refractivity contribution in [3.05, 3.63) is 23.8 Å². The van der Waals surface area contributed by atoms with E-state index in [0.29, 0.717) is 5.13 Å². The minimum absolute atomic E-state index is 0.144. The topological polar surface area (TPSA) is 65.8 Å². The number of thiazole rings is 1. The van der Waals surface area contributed by atoms with Gasteiger partial charge in [0.1, 0.15) is 6.42 Å². The molecular weight excluding hydrogens is 222 g/mol. The summed E-state index contributed by atoms with van der Waals surface area (Å²) in [5, 5.41) is 11.5. The fraction of sp³-hybridized carbons (Fsp3) is 0.182. The molecule has 4 nitrogen and oxygen atoms in total. The molecule has 0 radical (unpaired) electrons. The summed E-state index contributed by atoms with van der Waals surface area (Å²) in [6.07, 6.45) is -0.144. The summed E-state index contributed by atoms with van der Waals surface area (Å²) >= 11 is 1.41. The van der Waals surface area contributed by atoms with Crippen LogP contribution in [-0.4, -0.2) is 10.9 Å². The van der Waals surface area contributed by atoms with Crippen molar-refractivity contribution in [3.8, 4) is 6.07 Å². The standard InChI is InChI=1S/C11H9N3OS/c1-7-3-2-4-8-10(7)14-11(16-8)13-9(15)5-6-12/h2-4H,5H2,1H3,(H,13,14,15). The number of hydrogen-bond donors (Lipinski definition) is 1. The van der Waals surface area contributed by atoms with Gasteiger partial charge in [0.2, 0.25) is 5.91 Å². The van der Waals surface area contributed by atoms with Crippen molar-refractivity contribution in [2.75, 3.05) is 5.32 Å². The molecule has 1 heterocycles. The quantitative estimate of drug-likeness (QED) is 0.863. The first-order valence-corrected chi connectivity index (χ1v) is 5.55. The van der Waals surface area contributed by atoms with Gasteiger partial charge in [0.05, 0.1) is 16.3 Å². The van der Waals surface area contributed by atoms with Crippen LogP contribution in [0.25, 0.3) is 10.2 Å². The molecule has 2 aromatic rings. The van der Waals surface area contributed by atoms with E-state index in [1.807, 2.05) is 25.1 Å². The van der Waals surface area contributed by atoms with Crippen molar-refractivity contribution in [1.82, 2.24) is 4.98 Å². The number of carbonyl (C=O) groups is 1. The maximum Gasteiger partial charge on any atom is 0.240 e. The van der Waals surface area contributed by atoms with Crippen LogP contribution in [0, 0.1) is 18.3 Å². The van der Waals surface area contributed by atoms with Gasteiger partial charge in [0, 0.05) is 0 Å². The molecule has 2 rings (SSSR count). The minimum atomic E-state index is -0.320. The van der Waals surface area contributed by atoms with Crippen LogP contribution in [0.15, 0.2) is 18.2 Å². The Balaban J connectivity index is 2.30. The molecule has 1 aromatic heterocycles. The van der Waals surface area contributed by atoms with E-state index < -0.39 is 0 Å². The van der Waals surface area contributed by atoms with Crippen molar-refractivity contribution in [1.29, 1.82) is 5.26 Å². The highest BCUT2D eigenvalue weighted by atomic mass is 32.1. The van der Waals surface area contributed by atoms with Gasteiger partial charge in [-0.2, -0.15) is 5.26 Å². The normalized spacial score (nSPS) is 10.0. The highest BCUT2D eigenvalue weighted by Crippen LogP contribution is 2.27. The number of anilines is 1. The fourth-order valence-corrected chi connectivity index (χ4v) is 2.33. The van der Waals surface area contributed by atoms with E-state index >= 15 is 0 Å². The van der Waals surface area contributed by atoms with Crippen LogP contribution in [0.2, 0.25) is 0 Å². The molecule has 0 atom stereocenters. The second-order valence-corrected chi connectivity index (χ2v) is 4.35. The number of para-hydroxylation sites is 1. The lowest BCUT2D eigenvalue weighted by molar-refractivity contribution is -0.115. The van der Waals surface area contributed by atoms with Gasteiger partial charge in [-0.05, 0) is 18.6 Å². The van der Waals surface area contributed by atoms with Gasteiger partial charge in [0.25, 0.3) is 0 Å². The molecule has 0 unspecified atom stereocenters. The molecule has 0 saturated heterocycles. The second-order valence-electron chi connectivity index (χ2n) is 3.32. The first-order valence-electron chi connectivity index (χ1n) is 4.73. The molecule has 0 spiro atoms. The molecule has 0 saturated carbocycles. The summed E-state index contributed by atoms with van der Waals surface area (Å²) in [4.78, 5) is 15.5. The average Bonchev–Trinajstić information content (AvgIpc) is 2.62. The Bertz CT molecular complexity index is 582. The molecule has 0 bridgehead atoms. The third-order valence-electron chi connectivity index (χ3n) is 2.11. The predicted molar refractivity (Wildman–Crippen MR) is 63.2 cm³/mol. The fourth-order valence-electron chi connectivity index (χ4n) is 1.37. The Morgan fingerprint density at radius 3 is 3.12 bits per heavy atom. The van der Waals surface area contributed by atoms with Crippen LogP contribution in [-0.2, 0) is 4.79 Å². The summed E-state index contributed by atoms with van der Waals surface area (Å²) in [5.41, 5.74) is 1.98. The molecule has 0 aliphatic carbocycles. The number of aryl methyl sites for hydroxylation is 1. The summed E-state index contributed by atoms with van der Waals surface area (Å²) in [5.74, 6) is -0.320. The van der Waals surface area contributed by atoms with Crippen LogP contribution >= 0.6 is 11.3 Å². The lowest BCUT2D eigenvalue weighted by atomic mass is 10.2. The molecule has 80 valence electrons. The highest BCUT2D eigenvalue weighted by molar-refractivity contribution is 7.22. The number of amides is 1. The number of benzene rings is 1. The number of fused-ring (bicyclic) bond motifs is 1. The summed E-state index contributed by atoms with van der Waals surface area (Å²) in [6, 6.07) is 7.69. The Hall–Kier alpha value is -1.93. The first kappa shape index (κ1) is 10.6. The van der Waals surface area contributed by atoms with Gasteiger partial charge < -0.3 is 5.32 Å². The van der Waals surface area contributed by atoms with Crippen molar-refractivity contribution in [2.24, 2.45) is 0 Å². The lowest BCUT2D eigenvalue weighted by Gasteiger charge is -1.94. The molecule has 0 aliphatic rings. The molecule has 0 aliphatic heterocycles. The summed E-state index contributed by atoms with van der Waals surface area (Å²) in [7, 11) is 0. The zero-order valence-corrected chi connectivity index (χ0v) is 9.47. The number of nitrogens with zero attached hydrogens (tertiary/aromatic N) is 2. The Labute approximate surface area is 96.5 Å². The Morgan fingerprint density at radius 2 is 2.44 bits per heavy atom. The van der Waals surface area contributed by atoms with Crippen LogP contribution in [0.5, 0.6) is 0 Å². The van der Waals surface area contributed by atoms with E-state index in [1.165, 1.54) is 11.3 Å². The number of nitrogens with one attached hydrogen (secondary N) is 1. The van der Waals surface area contributed by atoms with Crippen LogP contribution in [0.3, 0.4) is 0 Å². The number of rotatable bonds is 2. The number of carbonyl (C=O) groups excluding carboxylic acids is 1. The van der Waals surface area contributed by atoms with E-state index in [-0.39, 0.29) is 12.3 Å². The van der Waals surface area contributed by atoms with Crippen LogP contribution < -0.4 is 5.32 Å². The highest BCUT2D eigenvalue weighted by Gasteiger charge is 2.08. The zero-order valence-electron chi connectivity index (χ0n) is 8.65. The van der Waals surface area contributed by atoms with Crippen molar-refractivity contribution >= 4 is 32.6 Å². The van der Waals surface area contributed by atoms with Gasteiger partial charge in [-0.1, -0.05) is 23.5 Å². The van der Waals surface area contributed by atoms with Gasteiger partial charge in [-0.3, -0.25) is 4.79 Å². The smallest absolute Gasteiger partial charge is 0.240 e. The second kappa shape index (κ2) is 4.29. The first-order chi connectivity index (χ1) is 7.70. The van der Waals surface area contributed by atoms with Crippen molar-refractivity contribution in [2.45, 2.75) is 13.3 Å². The number of hydrogen-bond acceptors (Lipinski definition) is 4. The minimum Gasteiger partial charge on any atom is -0.301 e. The third kappa shape index (κ3) is 2.02. The maximum absolute atomic E-state index is 11.2. The molecule has 0 fully saturated rings. The Kier molecular flexibility index (Phi) is 2.84. The monoisotopic (exact) mass is 231 g/mol. The summed E-state index contributed by atoms with van der Waals surface area (Å²) in [6.45, 7) is 1.98. The van der Waals surface area contributed by atoms with E-state index in [9.17, 15) is 4.79 Å². The molecule has 1 aromatic carbocycles.